The Morgan fingerprint density at radius 1 is 1.09 bits per heavy atom. The lowest BCUT2D eigenvalue weighted by Gasteiger charge is -2.12. The summed E-state index contributed by atoms with van der Waals surface area (Å²) >= 11 is 6.11. The predicted molar refractivity (Wildman–Crippen MR) is 96.1 cm³/mol. The fourth-order valence-electron chi connectivity index (χ4n) is 1.92. The van der Waals surface area contributed by atoms with Crippen molar-refractivity contribution < 1.29 is 4.74 Å². The van der Waals surface area contributed by atoms with Gasteiger partial charge in [-0.05, 0) is 37.1 Å². The minimum atomic E-state index is 0. The zero-order chi connectivity index (χ0) is 15.1. The maximum atomic E-state index is 6.11. The number of benzene rings is 2. The largest absolute Gasteiger partial charge is 0.489 e. The number of hydrogen-bond donors (Lipinski definition) is 1. The van der Waals surface area contributed by atoms with Gasteiger partial charge in [-0.1, -0.05) is 48.9 Å². The Morgan fingerprint density at radius 3 is 2.41 bits per heavy atom. The molecule has 0 aliphatic heterocycles. The molecule has 1 N–H and O–H groups in total. The molecule has 120 valence electrons. The van der Waals surface area contributed by atoms with Gasteiger partial charge in [0, 0.05) is 23.2 Å². The first-order chi connectivity index (χ1) is 10.2. The van der Waals surface area contributed by atoms with Crippen molar-refractivity contribution in [2.75, 3.05) is 0 Å². The first kappa shape index (κ1) is 18.8. The molecule has 0 saturated heterocycles. The topological polar surface area (TPSA) is 21.3 Å². The molecule has 2 nitrogen and oxygen atoms in total. The molecule has 0 fully saturated rings. The van der Waals surface area contributed by atoms with Crippen LogP contribution in [0.5, 0.6) is 5.75 Å². The standard InChI is InChI=1S/C18H22ClNO.ClH/c1-3-14(2)20-12-15-8-10-17(11-9-15)21-13-16-6-4-5-7-18(16)19;/h4-11,14,20H,3,12-13H2,1-2H3;1H. The van der Waals surface area contributed by atoms with Crippen LogP contribution in [0.15, 0.2) is 48.5 Å². The lowest BCUT2D eigenvalue weighted by atomic mass is 10.2. The summed E-state index contributed by atoms with van der Waals surface area (Å²) in [6.07, 6.45) is 1.14. The van der Waals surface area contributed by atoms with Crippen molar-refractivity contribution >= 4 is 24.0 Å². The Kier molecular flexibility index (Phi) is 8.32. The fourth-order valence-corrected chi connectivity index (χ4v) is 2.11. The third kappa shape index (κ3) is 5.88. The average Bonchev–Trinajstić information content (AvgIpc) is 2.53. The Labute approximate surface area is 144 Å². The molecule has 2 aromatic rings. The summed E-state index contributed by atoms with van der Waals surface area (Å²) < 4.78 is 5.77. The lowest BCUT2D eigenvalue weighted by Crippen LogP contribution is -2.24. The van der Waals surface area contributed by atoms with E-state index in [1.54, 1.807) is 0 Å². The van der Waals surface area contributed by atoms with Crippen molar-refractivity contribution in [3.05, 3.63) is 64.7 Å². The third-order valence-electron chi connectivity index (χ3n) is 3.54. The number of halogens is 2. The highest BCUT2D eigenvalue weighted by Gasteiger charge is 2.02. The van der Waals surface area contributed by atoms with E-state index >= 15 is 0 Å². The van der Waals surface area contributed by atoms with Gasteiger partial charge in [0.2, 0.25) is 0 Å². The highest BCUT2D eigenvalue weighted by molar-refractivity contribution is 6.31. The SMILES string of the molecule is CCC(C)NCc1ccc(OCc2ccccc2Cl)cc1.Cl. The Hall–Kier alpha value is -1.22. The summed E-state index contributed by atoms with van der Waals surface area (Å²) in [5, 5.41) is 4.22. The van der Waals surface area contributed by atoms with Gasteiger partial charge in [0.25, 0.3) is 0 Å². The molecule has 0 aromatic heterocycles. The molecule has 22 heavy (non-hydrogen) atoms. The maximum Gasteiger partial charge on any atom is 0.119 e. The fraction of sp³-hybridized carbons (Fsp3) is 0.333. The summed E-state index contributed by atoms with van der Waals surface area (Å²) in [6.45, 7) is 5.76. The van der Waals surface area contributed by atoms with Gasteiger partial charge in [-0.3, -0.25) is 0 Å². The molecular weight excluding hydrogens is 317 g/mol. The molecule has 0 radical (unpaired) electrons. The molecule has 0 aliphatic carbocycles. The van der Waals surface area contributed by atoms with Crippen molar-refractivity contribution in [1.82, 2.24) is 5.32 Å². The summed E-state index contributed by atoms with van der Waals surface area (Å²) in [7, 11) is 0. The molecule has 0 aliphatic rings. The molecule has 2 aromatic carbocycles. The van der Waals surface area contributed by atoms with Crippen LogP contribution in [0.25, 0.3) is 0 Å². The van der Waals surface area contributed by atoms with Gasteiger partial charge in [-0.2, -0.15) is 0 Å². The van der Waals surface area contributed by atoms with E-state index in [4.69, 9.17) is 16.3 Å². The van der Waals surface area contributed by atoms with Crippen LogP contribution in [0.2, 0.25) is 5.02 Å². The first-order valence-electron chi connectivity index (χ1n) is 7.37. The minimum absolute atomic E-state index is 0. The van der Waals surface area contributed by atoms with Crippen molar-refractivity contribution in [3.63, 3.8) is 0 Å². The second-order valence-electron chi connectivity index (χ2n) is 5.21. The molecule has 0 heterocycles. The average molecular weight is 340 g/mol. The maximum absolute atomic E-state index is 6.11. The minimum Gasteiger partial charge on any atom is -0.489 e. The molecule has 0 saturated carbocycles. The van der Waals surface area contributed by atoms with Gasteiger partial charge in [0.1, 0.15) is 12.4 Å². The van der Waals surface area contributed by atoms with E-state index in [0.717, 1.165) is 29.3 Å². The van der Waals surface area contributed by atoms with E-state index in [1.807, 2.05) is 36.4 Å². The van der Waals surface area contributed by atoms with Crippen LogP contribution in [-0.4, -0.2) is 6.04 Å². The smallest absolute Gasteiger partial charge is 0.119 e. The highest BCUT2D eigenvalue weighted by atomic mass is 35.5. The summed E-state index contributed by atoms with van der Waals surface area (Å²) in [6, 6.07) is 16.5. The second-order valence-corrected chi connectivity index (χ2v) is 5.62. The number of hydrogen-bond acceptors (Lipinski definition) is 2. The zero-order valence-electron chi connectivity index (χ0n) is 13.0. The van der Waals surface area contributed by atoms with Crippen molar-refractivity contribution in [2.24, 2.45) is 0 Å². The van der Waals surface area contributed by atoms with Crippen molar-refractivity contribution in [2.45, 2.75) is 39.5 Å². The summed E-state index contributed by atoms with van der Waals surface area (Å²) in [5.74, 6) is 0.863. The number of rotatable bonds is 7. The van der Waals surface area contributed by atoms with Crippen molar-refractivity contribution in [1.29, 1.82) is 0 Å². The van der Waals surface area contributed by atoms with E-state index < -0.39 is 0 Å². The van der Waals surface area contributed by atoms with Crippen LogP contribution in [0.1, 0.15) is 31.4 Å². The molecule has 1 unspecified atom stereocenters. The van der Waals surface area contributed by atoms with E-state index in [1.165, 1.54) is 5.56 Å². The van der Waals surface area contributed by atoms with E-state index in [2.05, 4.69) is 31.3 Å². The van der Waals surface area contributed by atoms with E-state index in [-0.39, 0.29) is 12.4 Å². The van der Waals surface area contributed by atoms with Crippen LogP contribution in [0.4, 0.5) is 0 Å². The van der Waals surface area contributed by atoms with Crippen LogP contribution < -0.4 is 10.1 Å². The van der Waals surface area contributed by atoms with Crippen LogP contribution in [0.3, 0.4) is 0 Å². The molecular formula is C18H23Cl2NO. The monoisotopic (exact) mass is 339 g/mol. The van der Waals surface area contributed by atoms with Gasteiger partial charge >= 0.3 is 0 Å². The second kappa shape index (κ2) is 9.73. The van der Waals surface area contributed by atoms with Gasteiger partial charge in [-0.25, -0.2) is 0 Å². The Morgan fingerprint density at radius 2 is 1.77 bits per heavy atom. The van der Waals surface area contributed by atoms with Gasteiger partial charge < -0.3 is 10.1 Å². The molecule has 2 rings (SSSR count). The Bertz CT molecular complexity index is 557. The van der Waals surface area contributed by atoms with E-state index in [9.17, 15) is 0 Å². The molecule has 0 amide bonds. The van der Waals surface area contributed by atoms with E-state index in [0.29, 0.717) is 12.6 Å². The Balaban J connectivity index is 0.00000242. The summed E-state index contributed by atoms with van der Waals surface area (Å²) in [5.41, 5.74) is 2.27. The normalized spacial score (nSPS) is 11.6. The van der Waals surface area contributed by atoms with Gasteiger partial charge in [0.15, 0.2) is 0 Å². The number of nitrogens with one attached hydrogen (secondary N) is 1. The van der Waals surface area contributed by atoms with Gasteiger partial charge in [-0.15, -0.1) is 12.4 Å². The van der Waals surface area contributed by atoms with Crippen molar-refractivity contribution in [3.8, 4) is 5.75 Å². The van der Waals surface area contributed by atoms with Crippen LogP contribution in [0, 0.1) is 0 Å². The van der Waals surface area contributed by atoms with Crippen LogP contribution in [-0.2, 0) is 13.2 Å². The number of ether oxygens (including phenoxy) is 1. The quantitative estimate of drug-likeness (QED) is 0.745. The summed E-state index contributed by atoms with van der Waals surface area (Å²) in [4.78, 5) is 0. The zero-order valence-corrected chi connectivity index (χ0v) is 14.6. The first-order valence-corrected chi connectivity index (χ1v) is 7.75. The third-order valence-corrected chi connectivity index (χ3v) is 3.91. The predicted octanol–water partition coefficient (Wildman–Crippen LogP) is 5.23. The molecule has 0 bridgehead atoms. The molecule has 4 heteroatoms. The van der Waals surface area contributed by atoms with Crippen LogP contribution >= 0.6 is 24.0 Å². The van der Waals surface area contributed by atoms with Gasteiger partial charge in [0.05, 0.1) is 0 Å². The highest BCUT2D eigenvalue weighted by Crippen LogP contribution is 2.19. The molecule has 0 spiro atoms. The lowest BCUT2D eigenvalue weighted by molar-refractivity contribution is 0.306. The molecule has 1 atom stereocenters.